The Morgan fingerprint density at radius 2 is 2.37 bits per heavy atom. The molecule has 1 aromatic heterocycles. The molecule has 1 saturated heterocycles. The Labute approximate surface area is 121 Å². The van der Waals surface area contributed by atoms with Crippen LogP contribution in [-0.2, 0) is 6.54 Å². The van der Waals surface area contributed by atoms with Gasteiger partial charge < -0.3 is 10.2 Å². The number of aromatic nitrogens is 2. The van der Waals surface area contributed by atoms with Gasteiger partial charge in [0.15, 0.2) is 0 Å². The van der Waals surface area contributed by atoms with E-state index in [1.54, 1.807) is 12.3 Å². The average Bonchev–Trinajstić information content (AvgIpc) is 2.39. The van der Waals surface area contributed by atoms with Crippen LogP contribution < -0.4 is 15.8 Å². The molecule has 1 N–H and O–H groups in total. The molecule has 1 aliphatic heterocycles. The molecule has 0 saturated carbocycles. The van der Waals surface area contributed by atoms with Gasteiger partial charge in [-0.3, -0.25) is 4.79 Å². The first kappa shape index (κ1) is 14.3. The zero-order chi connectivity index (χ0) is 14.0. The maximum atomic E-state index is 12.2. The smallest absolute Gasteiger partial charge is 0.283 e. The lowest BCUT2D eigenvalue weighted by molar-refractivity contribution is 0.423. The number of anilines is 1. The molecule has 1 aromatic rings. The zero-order valence-electron chi connectivity index (χ0n) is 11.3. The molecule has 0 aliphatic carbocycles. The lowest BCUT2D eigenvalue weighted by Crippen LogP contribution is -2.55. The fourth-order valence-corrected chi connectivity index (χ4v) is 2.80. The summed E-state index contributed by atoms with van der Waals surface area (Å²) in [6.45, 7) is 10.1. The summed E-state index contributed by atoms with van der Waals surface area (Å²) in [6, 6.07) is 0.739. The first-order chi connectivity index (χ1) is 9.04. The van der Waals surface area contributed by atoms with Gasteiger partial charge in [0.05, 0.1) is 18.4 Å². The van der Waals surface area contributed by atoms with E-state index in [-0.39, 0.29) is 5.56 Å². The summed E-state index contributed by atoms with van der Waals surface area (Å²) in [7, 11) is 0. The van der Waals surface area contributed by atoms with Gasteiger partial charge in [0.2, 0.25) is 0 Å². The van der Waals surface area contributed by atoms with E-state index in [1.165, 1.54) is 4.68 Å². The molecule has 0 spiro atoms. The Morgan fingerprint density at radius 1 is 1.63 bits per heavy atom. The molecule has 5 nitrogen and oxygen atoms in total. The summed E-state index contributed by atoms with van der Waals surface area (Å²) in [5.41, 5.74) is 0.752. The normalized spacial score (nSPS) is 23.4. The fraction of sp³-hybridized carbons (Fsp3) is 0.538. The zero-order valence-corrected chi connectivity index (χ0v) is 12.9. The molecule has 0 aromatic carbocycles. The van der Waals surface area contributed by atoms with E-state index in [1.807, 2.05) is 0 Å². The van der Waals surface area contributed by atoms with Crippen LogP contribution in [-0.4, -0.2) is 35.0 Å². The van der Waals surface area contributed by atoms with Crippen LogP contribution in [0.25, 0.3) is 0 Å². The molecule has 2 unspecified atom stereocenters. The highest BCUT2D eigenvalue weighted by Crippen LogP contribution is 2.25. The SMILES string of the molecule is C=CCn1ncc(N2CC(C)NCC2C)c(Br)c1=O. The van der Waals surface area contributed by atoms with Crippen molar-refractivity contribution in [2.24, 2.45) is 0 Å². The Morgan fingerprint density at radius 3 is 3.05 bits per heavy atom. The molecular formula is C13H19BrN4O. The quantitative estimate of drug-likeness (QED) is 0.852. The van der Waals surface area contributed by atoms with E-state index in [0.29, 0.717) is 23.1 Å². The van der Waals surface area contributed by atoms with Gasteiger partial charge in [0.25, 0.3) is 5.56 Å². The first-order valence-electron chi connectivity index (χ1n) is 6.41. The lowest BCUT2D eigenvalue weighted by atomic mass is 10.1. The lowest BCUT2D eigenvalue weighted by Gasteiger charge is -2.39. The van der Waals surface area contributed by atoms with E-state index in [4.69, 9.17) is 0 Å². The Bertz CT molecular complexity index is 528. The molecule has 2 rings (SSSR count). The van der Waals surface area contributed by atoms with Crippen LogP contribution in [0.15, 0.2) is 28.1 Å². The van der Waals surface area contributed by atoms with E-state index >= 15 is 0 Å². The van der Waals surface area contributed by atoms with Crippen LogP contribution in [0.2, 0.25) is 0 Å². The van der Waals surface area contributed by atoms with Crippen molar-refractivity contribution in [3.63, 3.8) is 0 Å². The third-order valence-corrected chi connectivity index (χ3v) is 4.09. The monoisotopic (exact) mass is 326 g/mol. The van der Waals surface area contributed by atoms with Gasteiger partial charge in [0.1, 0.15) is 4.47 Å². The minimum absolute atomic E-state index is 0.115. The van der Waals surface area contributed by atoms with Gasteiger partial charge in [-0.05, 0) is 29.8 Å². The third-order valence-electron chi connectivity index (χ3n) is 3.34. The third kappa shape index (κ3) is 2.90. The summed E-state index contributed by atoms with van der Waals surface area (Å²) < 4.78 is 1.97. The molecule has 0 radical (unpaired) electrons. The number of nitrogens with one attached hydrogen (secondary N) is 1. The molecular weight excluding hydrogens is 308 g/mol. The number of rotatable bonds is 3. The predicted octanol–water partition coefficient (Wildman–Crippen LogP) is 1.38. The second kappa shape index (κ2) is 5.88. The number of nitrogens with zero attached hydrogens (tertiary/aromatic N) is 3. The summed E-state index contributed by atoms with van der Waals surface area (Å²) in [6.07, 6.45) is 3.42. The maximum Gasteiger partial charge on any atom is 0.283 e. The average molecular weight is 327 g/mol. The number of allylic oxidation sites excluding steroid dienone is 1. The highest BCUT2D eigenvalue weighted by atomic mass is 79.9. The summed E-state index contributed by atoms with van der Waals surface area (Å²) in [5.74, 6) is 0. The van der Waals surface area contributed by atoms with Crippen LogP contribution in [0.3, 0.4) is 0 Å². The van der Waals surface area contributed by atoms with Gasteiger partial charge in [-0.25, -0.2) is 4.68 Å². The van der Waals surface area contributed by atoms with E-state index < -0.39 is 0 Å². The summed E-state index contributed by atoms with van der Waals surface area (Å²) in [5, 5.41) is 7.63. The summed E-state index contributed by atoms with van der Waals surface area (Å²) >= 11 is 3.41. The topological polar surface area (TPSA) is 50.2 Å². The van der Waals surface area contributed by atoms with Gasteiger partial charge in [0, 0.05) is 25.2 Å². The highest BCUT2D eigenvalue weighted by Gasteiger charge is 2.25. The second-order valence-electron chi connectivity index (χ2n) is 4.93. The minimum atomic E-state index is -0.115. The van der Waals surface area contributed by atoms with Crippen LogP contribution in [0.5, 0.6) is 0 Å². The Balaban J connectivity index is 2.37. The highest BCUT2D eigenvalue weighted by molar-refractivity contribution is 9.10. The van der Waals surface area contributed by atoms with E-state index in [2.05, 4.69) is 51.7 Å². The number of hydrogen-bond donors (Lipinski definition) is 1. The van der Waals surface area contributed by atoms with Gasteiger partial charge in [-0.2, -0.15) is 5.10 Å². The number of piperazine rings is 1. The van der Waals surface area contributed by atoms with Crippen molar-refractivity contribution in [2.75, 3.05) is 18.0 Å². The fourth-order valence-electron chi connectivity index (χ4n) is 2.27. The van der Waals surface area contributed by atoms with Gasteiger partial charge in [-0.1, -0.05) is 6.08 Å². The van der Waals surface area contributed by atoms with Crippen LogP contribution in [0, 0.1) is 0 Å². The van der Waals surface area contributed by atoms with Crippen LogP contribution >= 0.6 is 15.9 Å². The molecule has 19 heavy (non-hydrogen) atoms. The van der Waals surface area contributed by atoms with Crippen LogP contribution in [0.1, 0.15) is 13.8 Å². The Kier molecular flexibility index (Phi) is 4.42. The molecule has 2 heterocycles. The second-order valence-corrected chi connectivity index (χ2v) is 5.72. The molecule has 1 fully saturated rings. The van der Waals surface area contributed by atoms with E-state index in [9.17, 15) is 4.79 Å². The first-order valence-corrected chi connectivity index (χ1v) is 7.20. The van der Waals surface area contributed by atoms with Crippen molar-refractivity contribution in [3.05, 3.63) is 33.7 Å². The minimum Gasteiger partial charge on any atom is -0.364 e. The summed E-state index contributed by atoms with van der Waals surface area (Å²) in [4.78, 5) is 14.4. The predicted molar refractivity (Wildman–Crippen MR) is 80.7 cm³/mol. The molecule has 6 heteroatoms. The van der Waals surface area contributed by atoms with Gasteiger partial charge in [-0.15, -0.1) is 6.58 Å². The van der Waals surface area contributed by atoms with Crippen molar-refractivity contribution in [1.82, 2.24) is 15.1 Å². The van der Waals surface area contributed by atoms with Crippen molar-refractivity contribution >= 4 is 21.6 Å². The van der Waals surface area contributed by atoms with Crippen molar-refractivity contribution in [1.29, 1.82) is 0 Å². The van der Waals surface area contributed by atoms with Crippen LogP contribution in [0.4, 0.5) is 5.69 Å². The standard InChI is InChI=1S/C13H19BrN4O/c1-4-5-18-13(19)12(14)11(7-16-18)17-8-9(2)15-6-10(17)3/h4,7,9-10,15H,1,5-6,8H2,2-3H3. The van der Waals surface area contributed by atoms with Crippen molar-refractivity contribution in [3.8, 4) is 0 Å². The largest absolute Gasteiger partial charge is 0.364 e. The maximum absolute atomic E-state index is 12.2. The number of halogens is 1. The van der Waals surface area contributed by atoms with Gasteiger partial charge >= 0.3 is 0 Å². The Hall–Kier alpha value is -1.14. The molecule has 0 bridgehead atoms. The molecule has 104 valence electrons. The van der Waals surface area contributed by atoms with Crippen molar-refractivity contribution < 1.29 is 0 Å². The molecule has 0 amide bonds. The van der Waals surface area contributed by atoms with E-state index in [0.717, 1.165) is 18.8 Å². The van der Waals surface area contributed by atoms with Crippen molar-refractivity contribution in [2.45, 2.75) is 32.5 Å². The molecule has 1 aliphatic rings. The number of hydrogen-bond acceptors (Lipinski definition) is 4. The molecule has 2 atom stereocenters.